The van der Waals surface area contributed by atoms with Gasteiger partial charge in [-0.15, -0.1) is 21.5 Å². The van der Waals surface area contributed by atoms with E-state index in [0.717, 1.165) is 30.2 Å². The van der Waals surface area contributed by atoms with Crippen molar-refractivity contribution in [3.8, 4) is 27.4 Å². The van der Waals surface area contributed by atoms with Gasteiger partial charge in [0.1, 0.15) is 17.8 Å². The molecule has 2 aliphatic heterocycles. The van der Waals surface area contributed by atoms with Gasteiger partial charge in [0.15, 0.2) is 5.82 Å². The molecule has 5 aromatic rings. The number of aromatic nitrogens is 5. The number of halogens is 3. The molecule has 16 nitrogen and oxygen atoms in total. The summed E-state index contributed by atoms with van der Waals surface area (Å²) in [7, 11) is 0. The van der Waals surface area contributed by atoms with Gasteiger partial charge in [-0.3, -0.25) is 14.4 Å². The van der Waals surface area contributed by atoms with Crippen molar-refractivity contribution in [1.82, 2.24) is 40.7 Å². The molecule has 2 aliphatic carbocycles. The molecule has 376 valence electrons. The molecule has 9 rings (SSSR count). The fraction of sp³-hybridized carbons (Fsp3) is 0.490. The van der Waals surface area contributed by atoms with Gasteiger partial charge in [-0.2, -0.15) is 13.2 Å². The number of β-amino-alcohol motifs (C(OH)–C–C–N with tert-alkyl or cyclic N) is 1. The first-order chi connectivity index (χ1) is 33.6. The number of nitrogens with two attached hydrogens (primary N) is 1. The van der Waals surface area contributed by atoms with Gasteiger partial charge in [0.05, 0.1) is 39.1 Å². The second kappa shape index (κ2) is 19.0. The van der Waals surface area contributed by atoms with Crippen LogP contribution in [0.15, 0.2) is 66.4 Å². The van der Waals surface area contributed by atoms with Crippen molar-refractivity contribution < 1.29 is 37.8 Å². The van der Waals surface area contributed by atoms with Gasteiger partial charge in [0.2, 0.25) is 23.7 Å². The molecule has 20 heteroatoms. The van der Waals surface area contributed by atoms with Crippen LogP contribution >= 0.6 is 11.3 Å². The Morgan fingerprint density at radius 3 is 2.25 bits per heavy atom. The summed E-state index contributed by atoms with van der Waals surface area (Å²) in [6.07, 6.45) is 1.09. The lowest BCUT2D eigenvalue weighted by molar-refractivity contribution is -0.148. The fourth-order valence-corrected chi connectivity index (χ4v) is 12.0. The second-order valence-corrected chi connectivity index (χ2v) is 22.0. The standard InChI is InChI=1S/C51H60F3N11O5S/c1-27-23-63(39-15-38(61-62-44(39)55)36-9-7-8-10-41(36)67)24-28(2)65(27)48-57-21-34(22-58-48)32-16-50(17-32)18-33(19-50)45(68)60-43(49(4,5)6)47(70)64-25-35(66)14-40(64)46(69)56-20-31-12-11-30(13-37(31)51(52,53)54)42-29(3)59-26-71-42/h7-13,15,21-22,26-28,32-33,35,40,43,66-67H,14,16-20,23-25H2,1-6H3,(H2,55,62)(H,56,69)(H,60,68)/t27?,28?,32?,33?,35-,40+,43-,50?/m1/s1. The molecule has 4 fully saturated rings. The predicted octanol–water partition coefficient (Wildman–Crippen LogP) is 6.86. The van der Waals surface area contributed by atoms with Crippen LogP contribution in [0.1, 0.15) is 95.0 Å². The van der Waals surface area contributed by atoms with E-state index >= 15 is 0 Å². The SMILES string of the molecule is Cc1ncsc1-c1ccc(CNC(=O)[C@@H]2C[C@@H](O)CN2C(=O)[C@@H](NC(=O)C2CC3(C2)CC(c2cnc(N4C(C)CN(c5cc(-c6ccccc6O)nnc5N)CC4C)nc2)C3)C(C)(C)C)c(C(F)(F)F)c1. The maximum absolute atomic E-state index is 14.3. The molecule has 6 N–H and O–H groups in total. The molecule has 2 saturated carbocycles. The summed E-state index contributed by atoms with van der Waals surface area (Å²) in [4.78, 5) is 61.9. The number of nitrogens with zero attached hydrogens (tertiary/aromatic N) is 8. The molecule has 2 unspecified atom stereocenters. The number of aromatic hydroxyl groups is 1. The largest absolute Gasteiger partial charge is 0.507 e. The number of thiazole rings is 1. The van der Waals surface area contributed by atoms with E-state index in [1.807, 2.05) is 45.3 Å². The van der Waals surface area contributed by atoms with Crippen LogP contribution < -0.4 is 26.2 Å². The molecule has 2 aromatic carbocycles. The van der Waals surface area contributed by atoms with E-state index in [0.29, 0.717) is 65.1 Å². The highest BCUT2D eigenvalue weighted by Crippen LogP contribution is 2.64. The minimum atomic E-state index is -4.70. The van der Waals surface area contributed by atoms with Gasteiger partial charge in [-0.25, -0.2) is 15.0 Å². The summed E-state index contributed by atoms with van der Waals surface area (Å²) >= 11 is 1.24. The smallest absolute Gasteiger partial charge is 0.416 e. The third kappa shape index (κ3) is 9.96. The molecule has 0 radical (unpaired) electrons. The number of para-hydroxylation sites is 1. The molecule has 5 heterocycles. The first kappa shape index (κ1) is 49.6. The van der Waals surface area contributed by atoms with E-state index < -0.39 is 53.7 Å². The monoisotopic (exact) mass is 995 g/mol. The fourth-order valence-electron chi connectivity index (χ4n) is 11.2. The Balaban J connectivity index is 0.778. The number of aryl methyl sites for hydroxylation is 1. The second-order valence-electron chi connectivity index (χ2n) is 21.1. The van der Waals surface area contributed by atoms with Crippen LogP contribution in [0.25, 0.3) is 21.7 Å². The highest BCUT2D eigenvalue weighted by Gasteiger charge is 2.56. The summed E-state index contributed by atoms with van der Waals surface area (Å²) in [5, 5.41) is 35.1. The van der Waals surface area contributed by atoms with Gasteiger partial charge in [0.25, 0.3) is 0 Å². The van der Waals surface area contributed by atoms with E-state index in [1.165, 1.54) is 22.3 Å². The number of nitrogen functional groups attached to an aromatic ring is 1. The average molecular weight is 996 g/mol. The lowest BCUT2D eigenvalue weighted by Crippen LogP contribution is -2.60. The molecule has 0 bridgehead atoms. The third-order valence-electron chi connectivity index (χ3n) is 14.8. The Hall–Kier alpha value is -6.41. The van der Waals surface area contributed by atoms with Crippen molar-refractivity contribution in [2.45, 2.75) is 123 Å². The zero-order valence-corrected chi connectivity index (χ0v) is 41.4. The molecule has 5 atom stereocenters. The van der Waals surface area contributed by atoms with E-state index in [2.05, 4.69) is 49.5 Å². The van der Waals surface area contributed by atoms with Crippen molar-refractivity contribution in [3.63, 3.8) is 0 Å². The summed E-state index contributed by atoms with van der Waals surface area (Å²) in [5.41, 5.74) is 9.97. The Morgan fingerprint density at radius 2 is 1.62 bits per heavy atom. The number of carbonyl (C=O) groups is 3. The van der Waals surface area contributed by atoms with Crippen LogP contribution in [0.3, 0.4) is 0 Å². The number of nitrogens with one attached hydrogen (secondary N) is 2. The number of carbonyl (C=O) groups excluding carboxylic acids is 3. The van der Waals surface area contributed by atoms with Crippen molar-refractivity contribution in [2.24, 2.45) is 16.7 Å². The van der Waals surface area contributed by atoms with E-state index in [1.54, 1.807) is 36.7 Å². The highest BCUT2D eigenvalue weighted by atomic mass is 32.1. The van der Waals surface area contributed by atoms with Crippen LogP contribution in [0, 0.1) is 23.7 Å². The summed E-state index contributed by atoms with van der Waals surface area (Å²) < 4.78 is 42.8. The highest BCUT2D eigenvalue weighted by molar-refractivity contribution is 7.13. The Morgan fingerprint density at radius 1 is 0.930 bits per heavy atom. The Labute approximate surface area is 414 Å². The van der Waals surface area contributed by atoms with Crippen LogP contribution in [-0.4, -0.2) is 108 Å². The zero-order chi connectivity index (χ0) is 50.7. The number of phenolic OH excluding ortho intramolecular Hbond substituents is 1. The number of anilines is 3. The molecule has 1 spiro atoms. The number of amides is 3. The first-order valence-corrected chi connectivity index (χ1v) is 24.9. The molecule has 4 aliphatic rings. The summed E-state index contributed by atoms with van der Waals surface area (Å²) in [5.74, 6) is -0.471. The number of alkyl halides is 3. The van der Waals surface area contributed by atoms with Gasteiger partial charge < -0.3 is 41.3 Å². The van der Waals surface area contributed by atoms with Crippen LogP contribution in [0.2, 0.25) is 0 Å². The Kier molecular flexibility index (Phi) is 13.2. The van der Waals surface area contributed by atoms with Crippen molar-refractivity contribution in [3.05, 3.63) is 88.8 Å². The van der Waals surface area contributed by atoms with E-state index in [4.69, 9.17) is 15.7 Å². The van der Waals surface area contributed by atoms with Crippen LogP contribution in [0.5, 0.6) is 5.75 Å². The number of aliphatic hydroxyl groups excluding tert-OH is 1. The predicted molar refractivity (Wildman–Crippen MR) is 263 cm³/mol. The van der Waals surface area contributed by atoms with Gasteiger partial charge >= 0.3 is 6.18 Å². The number of benzene rings is 2. The minimum absolute atomic E-state index is 0.00335. The van der Waals surface area contributed by atoms with Crippen molar-refractivity contribution >= 4 is 46.5 Å². The molecule has 71 heavy (non-hydrogen) atoms. The number of likely N-dealkylation sites (tertiary alicyclic amines) is 1. The molecular formula is C51H60F3N11O5S. The maximum atomic E-state index is 14.3. The van der Waals surface area contributed by atoms with Crippen molar-refractivity contribution in [1.29, 1.82) is 0 Å². The number of hydrogen-bond donors (Lipinski definition) is 5. The van der Waals surface area contributed by atoms with E-state index in [-0.39, 0.29) is 59.5 Å². The topological polar surface area (TPSA) is 216 Å². The summed E-state index contributed by atoms with van der Waals surface area (Å²) in [6.45, 7) is 12.1. The number of hydrogen-bond acceptors (Lipinski definition) is 14. The maximum Gasteiger partial charge on any atom is 0.416 e. The zero-order valence-electron chi connectivity index (χ0n) is 40.6. The number of piperazine rings is 1. The average Bonchev–Trinajstić information content (AvgIpc) is 3.91. The lowest BCUT2D eigenvalue weighted by atomic mass is 9.47. The molecule has 3 amide bonds. The normalized spacial score (nSPS) is 24.8. The molecular weight excluding hydrogens is 936 g/mol. The van der Waals surface area contributed by atoms with E-state index in [9.17, 15) is 37.8 Å². The quantitative estimate of drug-likeness (QED) is 0.0916. The molecule has 3 aromatic heterocycles. The molecule has 2 saturated heterocycles. The van der Waals surface area contributed by atoms with Crippen LogP contribution in [-0.2, 0) is 27.1 Å². The number of aliphatic hydroxyl groups is 1. The van der Waals surface area contributed by atoms with Crippen molar-refractivity contribution in [2.75, 3.05) is 35.2 Å². The van der Waals surface area contributed by atoms with Crippen LogP contribution in [0.4, 0.5) is 30.6 Å². The number of rotatable bonds is 11. The third-order valence-corrected chi connectivity index (χ3v) is 15.8. The van der Waals surface area contributed by atoms with Gasteiger partial charge in [-0.1, -0.05) is 45.0 Å². The summed E-state index contributed by atoms with van der Waals surface area (Å²) in [6, 6.07) is 10.7. The number of phenols is 1. The lowest BCUT2D eigenvalue weighted by Gasteiger charge is -2.57. The Bertz CT molecular complexity index is 2800. The first-order valence-electron chi connectivity index (χ1n) is 24.0. The van der Waals surface area contributed by atoms with Gasteiger partial charge in [-0.05, 0) is 104 Å². The van der Waals surface area contributed by atoms with Gasteiger partial charge in [0, 0.05) is 68.6 Å². The minimum Gasteiger partial charge on any atom is -0.507 e.